The van der Waals surface area contributed by atoms with Crippen molar-refractivity contribution in [1.82, 2.24) is 0 Å². The third kappa shape index (κ3) is 7.77. The number of ether oxygens (including phenoxy) is 5. The normalized spacial score (nSPS) is 20.5. The van der Waals surface area contributed by atoms with Crippen molar-refractivity contribution in [3.05, 3.63) is 132 Å². The number of hydrogen-bond acceptors (Lipinski definition) is 7. The highest BCUT2D eigenvalue weighted by Gasteiger charge is 2.39. The third-order valence-electron chi connectivity index (χ3n) is 6.53. The Kier molecular flexibility index (Phi) is 9.55. The number of aliphatic hydroxyl groups excluding tert-OH is 1. The van der Waals surface area contributed by atoms with Gasteiger partial charge in [-0.3, -0.25) is 0 Å². The van der Waals surface area contributed by atoms with Gasteiger partial charge in [-0.25, -0.2) is 4.79 Å². The molecule has 5 rings (SSSR count). The van der Waals surface area contributed by atoms with Crippen molar-refractivity contribution in [2.45, 2.75) is 44.2 Å². The second-order valence-electron chi connectivity index (χ2n) is 9.51. The van der Waals surface area contributed by atoms with Gasteiger partial charge in [0.05, 0.1) is 31.5 Å². The fourth-order valence-corrected chi connectivity index (χ4v) is 4.40. The molecule has 4 atom stereocenters. The van der Waals surface area contributed by atoms with E-state index in [2.05, 4.69) is 0 Å². The summed E-state index contributed by atoms with van der Waals surface area (Å²) in [6.45, 7) is 0.932. The van der Waals surface area contributed by atoms with Crippen LogP contribution in [0, 0.1) is 0 Å². The van der Waals surface area contributed by atoms with Crippen LogP contribution in [-0.4, -0.2) is 42.3 Å². The van der Waals surface area contributed by atoms with Gasteiger partial charge < -0.3 is 28.8 Å². The Balaban J connectivity index is 1.21. The van der Waals surface area contributed by atoms with Gasteiger partial charge in [-0.2, -0.15) is 0 Å². The van der Waals surface area contributed by atoms with Crippen molar-refractivity contribution >= 4 is 5.97 Å². The van der Waals surface area contributed by atoms with E-state index in [0.29, 0.717) is 36.7 Å². The van der Waals surface area contributed by atoms with Crippen molar-refractivity contribution in [1.29, 1.82) is 0 Å². The molecule has 0 spiro atoms. The van der Waals surface area contributed by atoms with Gasteiger partial charge in [-0.15, -0.1) is 0 Å². The van der Waals surface area contributed by atoms with Gasteiger partial charge in [-0.1, -0.05) is 78.9 Å². The van der Waals surface area contributed by atoms with Crippen LogP contribution in [-0.2, 0) is 27.4 Å². The molecule has 0 amide bonds. The summed E-state index contributed by atoms with van der Waals surface area (Å²) < 4.78 is 29.7. The predicted octanol–water partition coefficient (Wildman–Crippen LogP) is 5.56. The number of hydrogen-bond donors (Lipinski definition) is 1. The van der Waals surface area contributed by atoms with E-state index < -0.39 is 30.6 Å². The molecule has 4 aromatic carbocycles. The second-order valence-corrected chi connectivity index (χ2v) is 9.51. The van der Waals surface area contributed by atoms with Crippen LogP contribution >= 0.6 is 0 Å². The lowest BCUT2D eigenvalue weighted by Gasteiger charge is -2.39. The van der Waals surface area contributed by atoms with E-state index in [4.69, 9.17) is 23.7 Å². The van der Waals surface area contributed by atoms with Crippen molar-refractivity contribution < 1.29 is 33.6 Å². The van der Waals surface area contributed by atoms with Gasteiger partial charge in [0, 0.05) is 6.42 Å². The Hall–Kier alpha value is -4.01. The molecule has 0 bridgehead atoms. The molecular weight excluding hydrogens is 508 g/mol. The van der Waals surface area contributed by atoms with Gasteiger partial charge in [-0.05, 0) is 47.5 Å². The smallest absolute Gasteiger partial charge is 0.343 e. The molecule has 1 fully saturated rings. The average Bonchev–Trinajstić information content (AvgIpc) is 3.00. The van der Waals surface area contributed by atoms with E-state index in [-0.39, 0.29) is 6.61 Å². The fraction of sp³-hybridized carbons (Fsp3) is 0.242. The van der Waals surface area contributed by atoms with Gasteiger partial charge in [0.25, 0.3) is 0 Å². The number of rotatable bonds is 11. The standard InChI is InChI=1S/C33H32O7/c34-32-29(37-22-25-12-6-2-7-13-25)20-31(40-30(32)23-36-21-24-10-4-1-5-11-24)38-27-16-18-28(19-17-27)39-33(35)26-14-8-3-9-15-26/h1-19,29-32,34H,20-23H2. The quantitative estimate of drug-likeness (QED) is 0.197. The molecule has 1 aliphatic rings. The molecule has 1 heterocycles. The summed E-state index contributed by atoms with van der Waals surface area (Å²) in [5, 5.41) is 11.1. The van der Waals surface area contributed by atoms with E-state index in [1.807, 2.05) is 66.7 Å². The predicted molar refractivity (Wildman–Crippen MR) is 149 cm³/mol. The maximum Gasteiger partial charge on any atom is 0.343 e. The Labute approximate surface area is 233 Å². The van der Waals surface area contributed by atoms with Gasteiger partial charge in [0.2, 0.25) is 6.29 Å². The summed E-state index contributed by atoms with van der Waals surface area (Å²) in [4.78, 5) is 12.3. The zero-order valence-electron chi connectivity index (χ0n) is 22.0. The number of carbonyl (C=O) groups is 1. The minimum atomic E-state index is -0.890. The first-order chi connectivity index (χ1) is 19.6. The Morgan fingerprint density at radius 3 is 1.98 bits per heavy atom. The molecule has 4 unspecified atom stereocenters. The molecule has 1 N–H and O–H groups in total. The van der Waals surface area contributed by atoms with Crippen molar-refractivity contribution in [2.75, 3.05) is 6.61 Å². The molecule has 1 aliphatic heterocycles. The summed E-state index contributed by atoms with van der Waals surface area (Å²) in [6.07, 6.45) is -2.40. The maximum absolute atomic E-state index is 12.3. The molecule has 1 saturated heterocycles. The van der Waals surface area contributed by atoms with Crippen LogP contribution in [0.5, 0.6) is 11.5 Å². The lowest BCUT2D eigenvalue weighted by atomic mass is 10.0. The van der Waals surface area contributed by atoms with Crippen LogP contribution < -0.4 is 9.47 Å². The maximum atomic E-state index is 12.3. The summed E-state index contributed by atoms with van der Waals surface area (Å²) >= 11 is 0. The lowest BCUT2D eigenvalue weighted by molar-refractivity contribution is -0.244. The van der Waals surface area contributed by atoms with Gasteiger partial charge >= 0.3 is 5.97 Å². The average molecular weight is 541 g/mol. The Morgan fingerprint density at radius 2 is 1.32 bits per heavy atom. The minimum absolute atomic E-state index is 0.176. The largest absolute Gasteiger partial charge is 0.465 e. The van der Waals surface area contributed by atoms with Crippen molar-refractivity contribution in [3.63, 3.8) is 0 Å². The highest BCUT2D eigenvalue weighted by Crippen LogP contribution is 2.28. The lowest BCUT2D eigenvalue weighted by Crippen LogP contribution is -2.52. The first-order valence-electron chi connectivity index (χ1n) is 13.3. The molecule has 0 radical (unpaired) electrons. The highest BCUT2D eigenvalue weighted by molar-refractivity contribution is 5.90. The first kappa shape index (κ1) is 27.6. The van der Waals surface area contributed by atoms with Gasteiger partial charge in [0.15, 0.2) is 0 Å². The van der Waals surface area contributed by atoms with Crippen molar-refractivity contribution in [3.8, 4) is 11.5 Å². The molecule has 206 valence electrons. The molecule has 0 saturated carbocycles. The molecule has 7 heteroatoms. The minimum Gasteiger partial charge on any atom is -0.465 e. The van der Waals surface area contributed by atoms with Crippen molar-refractivity contribution in [2.24, 2.45) is 0 Å². The number of carbonyl (C=O) groups excluding carboxylic acids is 1. The highest BCUT2D eigenvalue weighted by atomic mass is 16.7. The summed E-state index contributed by atoms with van der Waals surface area (Å²) in [5.74, 6) is 0.500. The van der Waals surface area contributed by atoms with E-state index in [9.17, 15) is 9.90 Å². The zero-order chi connectivity index (χ0) is 27.6. The van der Waals surface area contributed by atoms with E-state index >= 15 is 0 Å². The van der Waals surface area contributed by atoms with E-state index in [0.717, 1.165) is 11.1 Å². The molecule has 4 aromatic rings. The molecule has 7 nitrogen and oxygen atoms in total. The van der Waals surface area contributed by atoms with Crippen LogP contribution in [0.2, 0.25) is 0 Å². The monoisotopic (exact) mass is 540 g/mol. The van der Waals surface area contributed by atoms with Crippen LogP contribution in [0.15, 0.2) is 115 Å². The zero-order valence-corrected chi connectivity index (χ0v) is 22.0. The molecule has 40 heavy (non-hydrogen) atoms. The Morgan fingerprint density at radius 1 is 0.750 bits per heavy atom. The van der Waals surface area contributed by atoms with Crippen LogP contribution in [0.4, 0.5) is 0 Å². The summed E-state index contributed by atoms with van der Waals surface area (Å²) in [6, 6.07) is 35.2. The number of esters is 1. The topological polar surface area (TPSA) is 83.5 Å². The third-order valence-corrected chi connectivity index (χ3v) is 6.53. The van der Waals surface area contributed by atoms with Crippen LogP contribution in [0.25, 0.3) is 0 Å². The number of aliphatic hydroxyl groups is 1. The summed E-state index contributed by atoms with van der Waals surface area (Å²) in [5.41, 5.74) is 2.51. The van der Waals surface area contributed by atoms with Crippen LogP contribution in [0.1, 0.15) is 27.9 Å². The second kappa shape index (κ2) is 13.9. The Bertz CT molecular complexity index is 1310. The summed E-state index contributed by atoms with van der Waals surface area (Å²) in [7, 11) is 0. The SMILES string of the molecule is O=C(Oc1ccc(OC2CC(OCc3ccccc3)C(O)C(COCc3ccccc3)O2)cc1)c1ccccc1. The van der Waals surface area contributed by atoms with E-state index in [1.165, 1.54) is 0 Å². The molecule has 0 aromatic heterocycles. The fourth-order valence-electron chi connectivity index (χ4n) is 4.40. The number of benzene rings is 4. The molecule has 0 aliphatic carbocycles. The van der Waals surface area contributed by atoms with E-state index in [1.54, 1.807) is 48.5 Å². The first-order valence-corrected chi connectivity index (χ1v) is 13.3. The molecular formula is C33H32O7. The van der Waals surface area contributed by atoms with Crippen LogP contribution in [0.3, 0.4) is 0 Å². The van der Waals surface area contributed by atoms with Gasteiger partial charge in [0.1, 0.15) is 23.7 Å².